The number of nitrogens with zero attached hydrogens (tertiary/aromatic N) is 2. The van der Waals surface area contributed by atoms with Crippen molar-refractivity contribution in [1.82, 2.24) is 4.98 Å². The lowest BCUT2D eigenvalue weighted by Crippen LogP contribution is -2.01. The second-order valence-corrected chi connectivity index (χ2v) is 6.39. The summed E-state index contributed by atoms with van der Waals surface area (Å²) < 4.78 is 5.75. The van der Waals surface area contributed by atoms with Crippen LogP contribution in [0.25, 0.3) is 0 Å². The zero-order chi connectivity index (χ0) is 14.7. The molecule has 1 heterocycles. The number of ether oxygens (including phenoxy) is 1. The highest BCUT2D eigenvalue weighted by molar-refractivity contribution is 7.12. The van der Waals surface area contributed by atoms with Crippen LogP contribution in [0.3, 0.4) is 0 Å². The van der Waals surface area contributed by atoms with Crippen molar-refractivity contribution in [3.63, 3.8) is 0 Å². The Kier molecular flexibility index (Phi) is 4.21. The lowest BCUT2D eigenvalue weighted by atomic mass is 10.2. The van der Waals surface area contributed by atoms with Crippen molar-refractivity contribution >= 4 is 11.3 Å². The fourth-order valence-electron chi connectivity index (χ4n) is 2.28. The van der Waals surface area contributed by atoms with Gasteiger partial charge in [-0.25, -0.2) is 4.98 Å². The van der Waals surface area contributed by atoms with Crippen LogP contribution in [0, 0.1) is 11.3 Å². The van der Waals surface area contributed by atoms with E-state index in [2.05, 4.69) is 30.1 Å². The molecule has 0 amide bonds. The Balaban J connectivity index is 1.56. The van der Waals surface area contributed by atoms with Crippen LogP contribution in [0.1, 0.15) is 46.8 Å². The molecule has 2 aromatic rings. The van der Waals surface area contributed by atoms with Crippen LogP contribution >= 0.6 is 11.3 Å². The second-order valence-electron chi connectivity index (χ2n) is 5.30. The summed E-state index contributed by atoms with van der Waals surface area (Å²) in [6, 6.07) is 10.5. The predicted molar refractivity (Wildman–Crippen MR) is 83.8 cm³/mol. The first-order chi connectivity index (χ1) is 10.3. The third kappa shape index (κ3) is 3.43. The number of nitriles is 1. The summed E-state index contributed by atoms with van der Waals surface area (Å²) in [5, 5.41) is 10.2. The molecule has 1 fully saturated rings. The van der Waals surface area contributed by atoms with E-state index < -0.39 is 0 Å². The fraction of sp³-hybridized carbons (Fsp3) is 0.412. The van der Waals surface area contributed by atoms with E-state index in [4.69, 9.17) is 10.00 Å². The van der Waals surface area contributed by atoms with Crippen molar-refractivity contribution in [3.05, 3.63) is 45.4 Å². The number of aromatic nitrogens is 1. The minimum atomic E-state index is 0.534. The van der Waals surface area contributed by atoms with Crippen molar-refractivity contribution in [2.45, 2.75) is 38.5 Å². The van der Waals surface area contributed by atoms with Crippen molar-refractivity contribution in [3.8, 4) is 11.8 Å². The van der Waals surface area contributed by atoms with Gasteiger partial charge in [0, 0.05) is 12.3 Å². The lowest BCUT2D eigenvalue weighted by molar-refractivity contribution is 0.321. The monoisotopic (exact) mass is 298 g/mol. The van der Waals surface area contributed by atoms with Crippen LogP contribution in [0.2, 0.25) is 0 Å². The van der Waals surface area contributed by atoms with E-state index in [1.165, 1.54) is 29.7 Å². The van der Waals surface area contributed by atoms with Crippen LogP contribution in [-0.2, 0) is 12.8 Å². The molecule has 3 rings (SSSR count). The maximum Gasteiger partial charge on any atom is 0.128 e. The molecule has 21 heavy (non-hydrogen) atoms. The van der Waals surface area contributed by atoms with Gasteiger partial charge in [0.15, 0.2) is 0 Å². The van der Waals surface area contributed by atoms with Gasteiger partial charge in [0.2, 0.25) is 0 Å². The molecule has 0 N–H and O–H groups in total. The minimum Gasteiger partial charge on any atom is -0.493 e. The summed E-state index contributed by atoms with van der Waals surface area (Å²) in [7, 11) is 0. The molecule has 1 saturated carbocycles. The van der Waals surface area contributed by atoms with Crippen LogP contribution in [0.15, 0.2) is 24.3 Å². The SMILES string of the molecule is CCc1ccc(OCCc2nc(C3CC3)c(C#N)s2)cc1. The Bertz CT molecular complexity index is 650. The van der Waals surface area contributed by atoms with E-state index >= 15 is 0 Å². The third-order valence-electron chi connectivity index (χ3n) is 3.68. The molecule has 0 spiro atoms. The molecule has 1 aromatic carbocycles. The molecule has 108 valence electrons. The van der Waals surface area contributed by atoms with E-state index in [-0.39, 0.29) is 0 Å². The average Bonchev–Trinajstić information content (AvgIpc) is 3.29. The Labute approximate surface area is 129 Å². The van der Waals surface area contributed by atoms with Gasteiger partial charge in [0.25, 0.3) is 0 Å². The van der Waals surface area contributed by atoms with Crippen LogP contribution in [0.5, 0.6) is 5.75 Å². The van der Waals surface area contributed by atoms with Gasteiger partial charge in [-0.2, -0.15) is 5.26 Å². The Morgan fingerprint density at radius 1 is 1.33 bits per heavy atom. The maximum absolute atomic E-state index is 9.15. The van der Waals surface area contributed by atoms with Crippen molar-refractivity contribution in [1.29, 1.82) is 5.26 Å². The first-order valence-corrected chi connectivity index (χ1v) is 8.23. The minimum absolute atomic E-state index is 0.534. The van der Waals surface area contributed by atoms with Gasteiger partial charge < -0.3 is 4.74 Å². The molecular formula is C17H18N2OS. The summed E-state index contributed by atoms with van der Waals surface area (Å²) in [4.78, 5) is 5.41. The quantitative estimate of drug-likeness (QED) is 0.807. The number of benzene rings is 1. The summed E-state index contributed by atoms with van der Waals surface area (Å²) >= 11 is 1.52. The van der Waals surface area contributed by atoms with E-state index in [1.807, 2.05) is 12.1 Å². The molecule has 0 unspecified atom stereocenters. The highest BCUT2D eigenvalue weighted by Gasteiger charge is 2.29. The average molecular weight is 298 g/mol. The van der Waals surface area contributed by atoms with Crippen LogP contribution < -0.4 is 4.74 Å². The third-order valence-corrected chi connectivity index (χ3v) is 4.72. The number of hydrogen-bond acceptors (Lipinski definition) is 4. The molecule has 0 saturated heterocycles. The zero-order valence-electron chi connectivity index (χ0n) is 12.1. The highest BCUT2D eigenvalue weighted by atomic mass is 32.1. The summed E-state index contributed by atoms with van der Waals surface area (Å²) in [5.41, 5.74) is 2.33. The van der Waals surface area contributed by atoms with Gasteiger partial charge in [0.05, 0.1) is 17.3 Å². The number of hydrogen-bond donors (Lipinski definition) is 0. The van der Waals surface area contributed by atoms with Gasteiger partial charge in [-0.1, -0.05) is 19.1 Å². The Morgan fingerprint density at radius 3 is 2.71 bits per heavy atom. The molecule has 0 radical (unpaired) electrons. The summed E-state index contributed by atoms with van der Waals surface area (Å²) in [6.07, 6.45) is 4.16. The topological polar surface area (TPSA) is 45.9 Å². The molecule has 4 heteroatoms. The van der Waals surface area contributed by atoms with E-state index in [9.17, 15) is 0 Å². The van der Waals surface area contributed by atoms with Gasteiger partial charge in [-0.15, -0.1) is 11.3 Å². The molecule has 0 atom stereocenters. The molecule has 3 nitrogen and oxygen atoms in total. The molecular weight excluding hydrogens is 280 g/mol. The van der Waals surface area contributed by atoms with E-state index in [0.29, 0.717) is 12.5 Å². The number of thiazole rings is 1. The maximum atomic E-state index is 9.15. The predicted octanol–water partition coefficient (Wildman–Crippen LogP) is 4.08. The molecule has 1 aliphatic carbocycles. The van der Waals surface area contributed by atoms with E-state index in [1.54, 1.807) is 0 Å². The first-order valence-electron chi connectivity index (χ1n) is 7.41. The van der Waals surface area contributed by atoms with E-state index in [0.717, 1.165) is 34.2 Å². The zero-order valence-corrected chi connectivity index (χ0v) is 12.9. The molecule has 0 bridgehead atoms. The highest BCUT2D eigenvalue weighted by Crippen LogP contribution is 2.42. The first kappa shape index (κ1) is 14.1. The Hall–Kier alpha value is -1.86. The van der Waals surface area contributed by atoms with Crippen molar-refractivity contribution < 1.29 is 4.74 Å². The van der Waals surface area contributed by atoms with Crippen LogP contribution in [-0.4, -0.2) is 11.6 Å². The normalized spacial score (nSPS) is 13.9. The fourth-order valence-corrected chi connectivity index (χ4v) is 3.20. The molecule has 1 aromatic heterocycles. The molecule has 1 aliphatic rings. The summed E-state index contributed by atoms with van der Waals surface area (Å²) in [6.45, 7) is 2.75. The number of rotatable bonds is 6. The standard InChI is InChI=1S/C17H18N2OS/c1-2-12-3-7-14(8-4-12)20-10-9-16-19-17(13-5-6-13)15(11-18)21-16/h3-4,7-8,13H,2,5-6,9-10H2,1H3. The Morgan fingerprint density at radius 2 is 2.10 bits per heavy atom. The number of aryl methyl sites for hydroxylation is 1. The van der Waals surface area contributed by atoms with Gasteiger partial charge in [-0.05, 0) is 37.0 Å². The largest absolute Gasteiger partial charge is 0.493 e. The molecule has 0 aliphatic heterocycles. The smallest absolute Gasteiger partial charge is 0.128 e. The lowest BCUT2D eigenvalue weighted by Gasteiger charge is -2.05. The van der Waals surface area contributed by atoms with Gasteiger partial charge in [0.1, 0.15) is 16.7 Å². The van der Waals surface area contributed by atoms with Crippen LogP contribution in [0.4, 0.5) is 0 Å². The van der Waals surface area contributed by atoms with Gasteiger partial charge in [-0.3, -0.25) is 0 Å². The van der Waals surface area contributed by atoms with Gasteiger partial charge >= 0.3 is 0 Å². The summed E-state index contributed by atoms with van der Waals surface area (Å²) in [5.74, 6) is 1.43. The van der Waals surface area contributed by atoms with Crippen molar-refractivity contribution in [2.24, 2.45) is 0 Å². The second kappa shape index (κ2) is 6.28. The van der Waals surface area contributed by atoms with Crippen molar-refractivity contribution in [2.75, 3.05) is 6.61 Å².